The Morgan fingerprint density at radius 1 is 0.780 bits per heavy atom. The topological polar surface area (TPSA) is 64.6 Å². The highest BCUT2D eigenvalue weighted by atomic mass is 79.9. The molecule has 0 fully saturated rings. The van der Waals surface area contributed by atoms with Gasteiger partial charge in [0.2, 0.25) is 5.43 Å². The van der Waals surface area contributed by atoms with Crippen molar-refractivity contribution in [3.8, 4) is 17.2 Å². The van der Waals surface area contributed by atoms with Crippen molar-refractivity contribution in [1.29, 1.82) is 0 Å². The predicted octanol–water partition coefficient (Wildman–Crippen LogP) is 5.44. The average Bonchev–Trinajstić information content (AvgIpc) is 3.10. The molecule has 0 unspecified atom stereocenters. The Bertz CT molecular complexity index is 1900. The molecule has 0 N–H and O–H groups in total. The van der Waals surface area contributed by atoms with Crippen LogP contribution in [-0.2, 0) is 6.54 Å². The van der Waals surface area contributed by atoms with Crippen molar-refractivity contribution < 1.29 is 44.6 Å². The number of anilines is 1. The zero-order chi connectivity index (χ0) is 34.6. The van der Waals surface area contributed by atoms with Crippen molar-refractivity contribution in [2.24, 2.45) is 0 Å². The van der Waals surface area contributed by atoms with Gasteiger partial charge < -0.3 is 35.9 Å². The van der Waals surface area contributed by atoms with Crippen LogP contribution in [-0.4, -0.2) is 30.2 Å². The molecule has 2 heterocycles. The van der Waals surface area contributed by atoms with Gasteiger partial charge in [-0.25, -0.2) is 13.3 Å². The van der Waals surface area contributed by atoms with Crippen LogP contribution >= 0.6 is 0 Å². The van der Waals surface area contributed by atoms with Crippen LogP contribution in [0, 0.1) is 11.6 Å². The number of hydrogen-bond donors (Lipinski definition) is 0. The Morgan fingerprint density at radius 2 is 1.46 bits per heavy atom. The number of pyridine rings is 2. The number of aryl methyl sites for hydroxylation is 1. The second-order valence-electron chi connectivity index (χ2n) is 12.0. The molecule has 2 aromatic heterocycles. The predicted molar refractivity (Wildman–Crippen MR) is 189 cm³/mol. The zero-order valence-electron chi connectivity index (χ0n) is 28.6. The van der Waals surface area contributed by atoms with Gasteiger partial charge in [-0.3, -0.25) is 9.59 Å². The van der Waals surface area contributed by atoms with Gasteiger partial charge in [-0.05, 0) is 62.6 Å². The molecule has 264 valence electrons. The molecule has 5 aromatic rings. The summed E-state index contributed by atoms with van der Waals surface area (Å²) < 4.78 is 44.2. The van der Waals surface area contributed by atoms with Gasteiger partial charge in [0.15, 0.2) is 12.4 Å². The summed E-state index contributed by atoms with van der Waals surface area (Å²) in [6.07, 6.45) is 13.2. The SMILES string of the molecule is CCCOc1cccc(-n2cc(C(=O)N(CC)c3cc(F)cc(F)c3)c(=O)c3ccc(OCCCCCCCC[n+]4ccccc4)cc32)c1.[Br-]. The molecule has 3 aromatic carbocycles. The third kappa shape index (κ3) is 10.00. The number of nitrogens with zero attached hydrogens (tertiary/aromatic N) is 3. The molecule has 0 saturated heterocycles. The molecule has 0 bridgehead atoms. The minimum atomic E-state index is -0.813. The monoisotopic (exact) mass is 747 g/mol. The molecule has 10 heteroatoms. The lowest BCUT2D eigenvalue weighted by atomic mass is 10.1. The number of benzene rings is 3. The Hall–Kier alpha value is -4.57. The summed E-state index contributed by atoms with van der Waals surface area (Å²) in [6.45, 7) is 5.92. The fraction of sp³-hybridized carbons (Fsp3) is 0.325. The lowest BCUT2D eigenvalue weighted by molar-refractivity contribution is -0.697. The van der Waals surface area contributed by atoms with Crippen LogP contribution in [0.3, 0.4) is 0 Å². The van der Waals surface area contributed by atoms with E-state index in [1.165, 1.54) is 23.9 Å². The largest absolute Gasteiger partial charge is 1.00 e. The standard InChI is InChI=1S/C40H44F2N3O4.BrH/c1-3-22-48-34-16-14-15-32(27-34)45-29-37(40(47)44(4-2)33-25-30(41)24-31(42)26-33)39(46)36-18-17-35(28-38(36)45)49-23-13-8-6-5-7-10-19-43-20-11-9-12-21-43;/h9,11-12,14-18,20-21,24-29H,3-8,10,13,19,22-23H2,1-2H3;1H/q+1;/p-1. The zero-order valence-corrected chi connectivity index (χ0v) is 30.2. The molecule has 0 saturated carbocycles. The molecule has 0 spiro atoms. The molecule has 5 rings (SSSR count). The first-order valence-electron chi connectivity index (χ1n) is 17.2. The molecular weight excluding hydrogens is 704 g/mol. The van der Waals surface area contributed by atoms with Gasteiger partial charge >= 0.3 is 0 Å². The second-order valence-corrected chi connectivity index (χ2v) is 12.0. The van der Waals surface area contributed by atoms with Crippen LogP contribution in [0.1, 0.15) is 69.2 Å². The van der Waals surface area contributed by atoms with Gasteiger partial charge in [0.25, 0.3) is 5.91 Å². The molecule has 0 radical (unpaired) electrons. The third-order valence-electron chi connectivity index (χ3n) is 8.35. The summed E-state index contributed by atoms with van der Waals surface area (Å²) in [6, 6.07) is 21.7. The van der Waals surface area contributed by atoms with Crippen LogP contribution in [0.2, 0.25) is 0 Å². The van der Waals surface area contributed by atoms with Gasteiger partial charge in [0.1, 0.15) is 35.2 Å². The fourth-order valence-corrected chi connectivity index (χ4v) is 5.86. The first kappa shape index (κ1) is 38.2. The van der Waals surface area contributed by atoms with Crippen LogP contribution in [0.25, 0.3) is 16.6 Å². The molecule has 0 aliphatic rings. The van der Waals surface area contributed by atoms with Crippen molar-refractivity contribution in [2.45, 2.75) is 65.3 Å². The molecule has 7 nitrogen and oxygen atoms in total. The summed E-state index contributed by atoms with van der Waals surface area (Å²) in [7, 11) is 0. The van der Waals surface area contributed by atoms with E-state index in [0.29, 0.717) is 41.3 Å². The number of amides is 1. The maximum absolute atomic E-state index is 14.1. The number of ether oxygens (including phenoxy) is 2. The number of unbranched alkanes of at least 4 members (excludes halogenated alkanes) is 5. The lowest BCUT2D eigenvalue weighted by Crippen LogP contribution is -3.00. The number of aromatic nitrogens is 2. The van der Waals surface area contributed by atoms with Crippen LogP contribution in [0.15, 0.2) is 102 Å². The second kappa shape index (κ2) is 19.0. The summed E-state index contributed by atoms with van der Waals surface area (Å²) in [5.74, 6) is -1.02. The summed E-state index contributed by atoms with van der Waals surface area (Å²) in [5.41, 5.74) is 0.649. The number of carbonyl (C=O) groups excluding carboxylic acids is 1. The van der Waals surface area contributed by atoms with E-state index in [-0.39, 0.29) is 34.8 Å². The maximum Gasteiger partial charge on any atom is 0.263 e. The van der Waals surface area contributed by atoms with Crippen molar-refractivity contribution >= 4 is 22.5 Å². The minimum Gasteiger partial charge on any atom is -1.00 e. The lowest BCUT2D eigenvalue weighted by Gasteiger charge is -2.22. The van der Waals surface area contributed by atoms with Crippen molar-refractivity contribution in [3.05, 3.63) is 125 Å². The van der Waals surface area contributed by atoms with Gasteiger partial charge in [-0.2, -0.15) is 0 Å². The minimum absolute atomic E-state index is 0. The van der Waals surface area contributed by atoms with Crippen LogP contribution in [0.5, 0.6) is 11.5 Å². The number of hydrogen-bond acceptors (Lipinski definition) is 4. The van der Waals surface area contributed by atoms with Gasteiger partial charge in [-0.15, -0.1) is 0 Å². The summed E-state index contributed by atoms with van der Waals surface area (Å²) in [4.78, 5) is 29.0. The molecule has 0 aliphatic carbocycles. The maximum atomic E-state index is 14.1. The van der Waals surface area contributed by atoms with E-state index in [9.17, 15) is 18.4 Å². The van der Waals surface area contributed by atoms with Crippen LogP contribution in [0.4, 0.5) is 14.5 Å². The summed E-state index contributed by atoms with van der Waals surface area (Å²) >= 11 is 0. The number of carbonyl (C=O) groups is 1. The first-order valence-corrected chi connectivity index (χ1v) is 17.2. The highest BCUT2D eigenvalue weighted by molar-refractivity contribution is 6.07. The van der Waals surface area contributed by atoms with Gasteiger partial charge in [0.05, 0.1) is 18.7 Å². The van der Waals surface area contributed by atoms with E-state index in [1.54, 1.807) is 23.6 Å². The first-order chi connectivity index (χ1) is 23.9. The molecule has 1 amide bonds. The van der Waals surface area contributed by atoms with Gasteiger partial charge in [0, 0.05) is 66.3 Å². The summed E-state index contributed by atoms with van der Waals surface area (Å²) in [5, 5.41) is 0.313. The van der Waals surface area contributed by atoms with E-state index in [2.05, 4.69) is 29.1 Å². The van der Waals surface area contributed by atoms with E-state index in [1.807, 2.05) is 43.3 Å². The van der Waals surface area contributed by atoms with E-state index < -0.39 is 23.0 Å². The van der Waals surface area contributed by atoms with Crippen molar-refractivity contribution in [2.75, 3.05) is 24.7 Å². The highest BCUT2D eigenvalue weighted by Crippen LogP contribution is 2.27. The number of rotatable bonds is 17. The average molecular weight is 749 g/mol. The quantitative estimate of drug-likeness (QED) is 0.0941. The molecule has 50 heavy (non-hydrogen) atoms. The molecule has 0 aliphatic heterocycles. The van der Waals surface area contributed by atoms with Crippen molar-refractivity contribution in [1.82, 2.24) is 4.57 Å². The highest BCUT2D eigenvalue weighted by Gasteiger charge is 2.23. The van der Waals surface area contributed by atoms with E-state index in [0.717, 1.165) is 56.8 Å². The smallest absolute Gasteiger partial charge is 0.263 e. The normalized spacial score (nSPS) is 10.9. The van der Waals surface area contributed by atoms with Gasteiger partial charge in [-0.1, -0.05) is 38.3 Å². The van der Waals surface area contributed by atoms with E-state index in [4.69, 9.17) is 9.47 Å². The number of fused-ring (bicyclic) bond motifs is 1. The Morgan fingerprint density at radius 3 is 2.18 bits per heavy atom. The third-order valence-corrected chi connectivity index (χ3v) is 8.35. The van der Waals surface area contributed by atoms with E-state index >= 15 is 0 Å². The Kier molecular flexibility index (Phi) is 14.5. The molecular formula is C40H44BrF2N3O4. The van der Waals surface area contributed by atoms with Crippen molar-refractivity contribution in [3.63, 3.8) is 0 Å². The Labute approximate surface area is 302 Å². The van der Waals surface area contributed by atoms with Crippen LogP contribution < -0.4 is 41.4 Å². The molecule has 0 atom stereocenters. The Balaban J connectivity index is 0.00000562. The number of halogens is 3. The fourth-order valence-electron chi connectivity index (χ4n) is 5.86.